The van der Waals surface area contributed by atoms with Gasteiger partial charge in [0.2, 0.25) is 0 Å². The summed E-state index contributed by atoms with van der Waals surface area (Å²) in [7, 11) is 3.28. The van der Waals surface area contributed by atoms with E-state index in [1.807, 2.05) is 25.1 Å². The highest BCUT2D eigenvalue weighted by Gasteiger charge is 2.14. The van der Waals surface area contributed by atoms with Crippen LogP contribution in [0.3, 0.4) is 0 Å². The van der Waals surface area contributed by atoms with E-state index in [-0.39, 0.29) is 0 Å². The molecule has 2 N–H and O–H groups in total. The van der Waals surface area contributed by atoms with Crippen molar-refractivity contribution < 1.29 is 9.47 Å². The molecular weight excluding hydrogens is 248 g/mol. The zero-order valence-corrected chi connectivity index (χ0v) is 11.5. The maximum Gasteiger partial charge on any atom is 0.131 e. The largest absolute Gasteiger partial charge is 0.497 e. The second-order valence-electron chi connectivity index (χ2n) is 3.78. The second kappa shape index (κ2) is 5.37. The van der Waals surface area contributed by atoms with Crippen LogP contribution in [0.4, 0.5) is 0 Å². The minimum absolute atomic E-state index is 0.425. The van der Waals surface area contributed by atoms with Crippen LogP contribution in [0.5, 0.6) is 11.5 Å². The first-order chi connectivity index (χ1) is 8.69. The molecule has 4 nitrogen and oxygen atoms in total. The number of thiazole rings is 1. The third kappa shape index (κ3) is 2.32. The summed E-state index contributed by atoms with van der Waals surface area (Å²) < 4.78 is 10.6. The maximum atomic E-state index is 5.73. The van der Waals surface area contributed by atoms with Crippen LogP contribution in [0.2, 0.25) is 0 Å². The number of nitrogens with zero attached hydrogens (tertiary/aromatic N) is 1. The molecule has 0 amide bonds. The molecule has 0 radical (unpaired) electrons. The molecule has 0 aliphatic rings. The topological polar surface area (TPSA) is 57.4 Å². The van der Waals surface area contributed by atoms with Gasteiger partial charge < -0.3 is 15.2 Å². The molecule has 0 fully saturated rings. The molecule has 0 saturated heterocycles. The molecule has 1 heterocycles. The van der Waals surface area contributed by atoms with Gasteiger partial charge in [0.25, 0.3) is 0 Å². The number of rotatable bonds is 4. The minimum Gasteiger partial charge on any atom is -0.497 e. The zero-order valence-electron chi connectivity index (χ0n) is 10.7. The smallest absolute Gasteiger partial charge is 0.131 e. The van der Waals surface area contributed by atoms with Gasteiger partial charge in [-0.25, -0.2) is 4.98 Å². The normalized spacial score (nSPS) is 10.4. The molecule has 0 spiro atoms. The van der Waals surface area contributed by atoms with Crippen LogP contribution >= 0.6 is 11.3 Å². The van der Waals surface area contributed by atoms with Crippen LogP contribution in [0.25, 0.3) is 10.4 Å². The minimum atomic E-state index is 0.425. The lowest BCUT2D eigenvalue weighted by Gasteiger charge is -2.09. The lowest BCUT2D eigenvalue weighted by Crippen LogP contribution is -1.99. The lowest BCUT2D eigenvalue weighted by atomic mass is 10.1. The third-order valence-electron chi connectivity index (χ3n) is 2.65. The van der Waals surface area contributed by atoms with Gasteiger partial charge in [-0.1, -0.05) is 0 Å². The number of aryl methyl sites for hydroxylation is 1. The molecule has 0 atom stereocenters. The van der Waals surface area contributed by atoms with Gasteiger partial charge in [0.1, 0.15) is 11.5 Å². The number of methoxy groups -OCH3 is 2. The predicted molar refractivity (Wildman–Crippen MR) is 73.3 cm³/mol. The van der Waals surface area contributed by atoms with Crippen molar-refractivity contribution in [1.29, 1.82) is 0 Å². The monoisotopic (exact) mass is 264 g/mol. The van der Waals surface area contributed by atoms with Crippen molar-refractivity contribution in [2.75, 3.05) is 14.2 Å². The molecule has 0 unspecified atom stereocenters. The van der Waals surface area contributed by atoms with Gasteiger partial charge in [-0.05, 0) is 19.1 Å². The molecule has 18 heavy (non-hydrogen) atoms. The summed E-state index contributed by atoms with van der Waals surface area (Å²) in [5.74, 6) is 1.54. The molecular formula is C13H16N2O2S. The van der Waals surface area contributed by atoms with E-state index in [2.05, 4.69) is 4.98 Å². The van der Waals surface area contributed by atoms with Gasteiger partial charge >= 0.3 is 0 Å². The fourth-order valence-corrected chi connectivity index (χ4v) is 2.78. The van der Waals surface area contributed by atoms with Crippen LogP contribution < -0.4 is 15.2 Å². The second-order valence-corrected chi connectivity index (χ2v) is 4.98. The van der Waals surface area contributed by atoms with Crippen molar-refractivity contribution >= 4 is 11.3 Å². The highest BCUT2D eigenvalue weighted by Crippen LogP contribution is 2.38. The number of hydrogen-bond donors (Lipinski definition) is 1. The van der Waals surface area contributed by atoms with E-state index in [1.165, 1.54) is 0 Å². The van der Waals surface area contributed by atoms with E-state index in [1.54, 1.807) is 25.6 Å². The van der Waals surface area contributed by atoms with Crippen LogP contribution in [0.1, 0.15) is 10.7 Å². The lowest BCUT2D eigenvalue weighted by molar-refractivity contribution is 0.395. The van der Waals surface area contributed by atoms with E-state index in [4.69, 9.17) is 15.2 Å². The van der Waals surface area contributed by atoms with Crippen molar-refractivity contribution in [3.63, 3.8) is 0 Å². The summed E-state index contributed by atoms with van der Waals surface area (Å²) in [4.78, 5) is 5.49. The Balaban J connectivity index is 2.55. The highest BCUT2D eigenvalue weighted by atomic mass is 32.1. The first kappa shape index (κ1) is 12.9. The summed E-state index contributed by atoms with van der Waals surface area (Å²) in [6.45, 7) is 2.40. The molecule has 5 heteroatoms. The van der Waals surface area contributed by atoms with E-state index < -0.39 is 0 Å². The van der Waals surface area contributed by atoms with Crippen LogP contribution in [-0.2, 0) is 6.54 Å². The summed E-state index contributed by atoms with van der Waals surface area (Å²) in [6.07, 6.45) is 0. The molecule has 0 aliphatic heterocycles. The molecule has 1 aromatic carbocycles. The number of nitrogens with two attached hydrogens (primary N) is 1. The molecule has 0 saturated carbocycles. The molecule has 2 rings (SSSR count). The fraction of sp³-hybridized carbons (Fsp3) is 0.308. The van der Waals surface area contributed by atoms with Crippen LogP contribution in [0, 0.1) is 6.92 Å². The maximum absolute atomic E-state index is 5.73. The Labute approximate surface area is 110 Å². The van der Waals surface area contributed by atoms with E-state index in [0.29, 0.717) is 6.54 Å². The Bertz CT molecular complexity index is 552. The average molecular weight is 264 g/mol. The Morgan fingerprint density at radius 1 is 1.28 bits per heavy atom. The molecule has 0 aliphatic carbocycles. The molecule has 2 aromatic rings. The van der Waals surface area contributed by atoms with Gasteiger partial charge in [-0.15, -0.1) is 11.3 Å². The third-order valence-corrected chi connectivity index (χ3v) is 3.70. The summed E-state index contributed by atoms with van der Waals surface area (Å²) in [6, 6.07) is 5.75. The number of hydrogen-bond acceptors (Lipinski definition) is 5. The van der Waals surface area contributed by atoms with Crippen LogP contribution in [0.15, 0.2) is 18.2 Å². The highest BCUT2D eigenvalue weighted by molar-refractivity contribution is 7.15. The van der Waals surface area contributed by atoms with Crippen molar-refractivity contribution in [3.8, 4) is 21.9 Å². The van der Waals surface area contributed by atoms with Crippen LogP contribution in [-0.4, -0.2) is 19.2 Å². The molecule has 96 valence electrons. The van der Waals surface area contributed by atoms with Gasteiger partial charge in [0.15, 0.2) is 0 Å². The van der Waals surface area contributed by atoms with E-state index in [0.717, 1.165) is 32.6 Å². The van der Waals surface area contributed by atoms with Crippen molar-refractivity contribution in [2.45, 2.75) is 13.5 Å². The van der Waals surface area contributed by atoms with Gasteiger partial charge in [-0.3, -0.25) is 0 Å². The van der Waals surface area contributed by atoms with Crippen molar-refractivity contribution in [1.82, 2.24) is 4.98 Å². The Kier molecular flexibility index (Phi) is 3.84. The van der Waals surface area contributed by atoms with Gasteiger partial charge in [0.05, 0.1) is 29.8 Å². The van der Waals surface area contributed by atoms with E-state index in [9.17, 15) is 0 Å². The zero-order chi connectivity index (χ0) is 13.1. The number of aromatic nitrogens is 1. The Morgan fingerprint density at radius 3 is 2.67 bits per heavy atom. The van der Waals surface area contributed by atoms with Gasteiger partial charge in [0, 0.05) is 18.2 Å². The quantitative estimate of drug-likeness (QED) is 0.922. The van der Waals surface area contributed by atoms with Crippen molar-refractivity contribution in [2.24, 2.45) is 5.73 Å². The molecule has 1 aromatic heterocycles. The SMILES string of the molecule is COc1ccc(-c2sc(C)nc2CN)c(OC)c1. The standard InChI is InChI=1S/C13H16N2O2S/c1-8-15-11(7-14)13(18-8)10-5-4-9(16-2)6-12(10)17-3/h4-6H,7,14H2,1-3H3. The molecule has 0 bridgehead atoms. The number of ether oxygens (including phenoxy) is 2. The fourth-order valence-electron chi connectivity index (χ4n) is 1.81. The van der Waals surface area contributed by atoms with Crippen molar-refractivity contribution in [3.05, 3.63) is 28.9 Å². The Hall–Kier alpha value is -1.59. The first-order valence-corrected chi connectivity index (χ1v) is 6.40. The summed E-state index contributed by atoms with van der Waals surface area (Å²) in [5.41, 5.74) is 7.64. The predicted octanol–water partition coefficient (Wildman–Crippen LogP) is 2.59. The van der Waals surface area contributed by atoms with E-state index >= 15 is 0 Å². The summed E-state index contributed by atoms with van der Waals surface area (Å²) >= 11 is 1.62. The Morgan fingerprint density at radius 2 is 2.06 bits per heavy atom. The summed E-state index contributed by atoms with van der Waals surface area (Å²) in [5, 5.41) is 1.00. The van der Waals surface area contributed by atoms with Gasteiger partial charge in [-0.2, -0.15) is 0 Å². The average Bonchev–Trinajstić information content (AvgIpc) is 2.78. The first-order valence-electron chi connectivity index (χ1n) is 5.58. The number of benzene rings is 1.